The molecule has 1 saturated heterocycles. The van der Waals surface area contributed by atoms with Crippen molar-refractivity contribution < 1.29 is 4.79 Å². The predicted molar refractivity (Wildman–Crippen MR) is 67.1 cm³/mol. The smallest absolute Gasteiger partial charge is 0.243 e. The Balaban J connectivity index is 1.95. The Kier molecular flexibility index (Phi) is 2.39. The molecule has 2 heterocycles. The van der Waals surface area contributed by atoms with Crippen LogP contribution in [0.3, 0.4) is 0 Å². The van der Waals surface area contributed by atoms with Crippen LogP contribution in [0.4, 0.5) is 0 Å². The Morgan fingerprint density at radius 1 is 1.29 bits per heavy atom. The van der Waals surface area contributed by atoms with Crippen molar-refractivity contribution in [2.45, 2.75) is 12.5 Å². The fraction of sp³-hybridized carbons (Fsp3) is 0.357. The molecule has 2 atom stereocenters. The first-order chi connectivity index (χ1) is 8.27. The van der Waals surface area contributed by atoms with E-state index in [1.54, 1.807) is 0 Å². The molecule has 2 aliphatic heterocycles. The second-order valence-electron chi connectivity index (χ2n) is 4.72. The van der Waals surface area contributed by atoms with E-state index in [0.29, 0.717) is 5.92 Å². The molecule has 2 unspecified atom stereocenters. The minimum atomic E-state index is -0.0149. The molecule has 3 rings (SSSR count). The van der Waals surface area contributed by atoms with Crippen molar-refractivity contribution in [3.8, 4) is 0 Å². The number of benzene rings is 1. The molecule has 1 aromatic carbocycles. The third kappa shape index (κ3) is 1.62. The lowest BCUT2D eigenvalue weighted by molar-refractivity contribution is -0.127. The summed E-state index contributed by atoms with van der Waals surface area (Å²) in [5, 5.41) is 2.94. The number of amides is 1. The number of carbonyl (C=O) groups excluding carboxylic acids is 1. The van der Waals surface area contributed by atoms with Gasteiger partial charge in [0.05, 0.1) is 0 Å². The second kappa shape index (κ2) is 3.91. The van der Waals surface area contributed by atoms with Gasteiger partial charge < -0.3 is 10.2 Å². The molecule has 0 aliphatic carbocycles. The largest absolute Gasteiger partial charge is 0.362 e. The van der Waals surface area contributed by atoms with Gasteiger partial charge in [0.1, 0.15) is 6.04 Å². The van der Waals surface area contributed by atoms with Gasteiger partial charge in [-0.25, -0.2) is 0 Å². The average molecular weight is 228 g/mol. The summed E-state index contributed by atoms with van der Waals surface area (Å²) in [6, 6.07) is 10.3. The molecular weight excluding hydrogens is 212 g/mol. The van der Waals surface area contributed by atoms with Gasteiger partial charge in [0.25, 0.3) is 0 Å². The van der Waals surface area contributed by atoms with Crippen LogP contribution in [0.1, 0.15) is 12.0 Å². The normalized spacial score (nSPS) is 27.5. The van der Waals surface area contributed by atoms with Crippen molar-refractivity contribution >= 4 is 11.6 Å². The summed E-state index contributed by atoms with van der Waals surface area (Å²) in [4.78, 5) is 14.0. The zero-order chi connectivity index (χ0) is 11.8. The topological polar surface area (TPSA) is 32.3 Å². The molecule has 1 amide bonds. The van der Waals surface area contributed by atoms with Gasteiger partial charge >= 0.3 is 0 Å². The van der Waals surface area contributed by atoms with Crippen molar-refractivity contribution in [1.29, 1.82) is 0 Å². The molecule has 0 aromatic heterocycles. The Hall–Kier alpha value is -1.77. The SMILES string of the molecule is CN1C(c2ccccc2)=CC2CCNC(=O)C21. The lowest BCUT2D eigenvalue weighted by Gasteiger charge is -2.31. The Morgan fingerprint density at radius 2 is 2.06 bits per heavy atom. The summed E-state index contributed by atoms with van der Waals surface area (Å²) in [6.07, 6.45) is 3.29. The molecule has 2 aliphatic rings. The lowest BCUT2D eigenvalue weighted by Crippen LogP contribution is -2.49. The maximum absolute atomic E-state index is 11.9. The molecule has 3 nitrogen and oxygen atoms in total. The first-order valence-corrected chi connectivity index (χ1v) is 6.05. The van der Waals surface area contributed by atoms with Gasteiger partial charge in [0.2, 0.25) is 5.91 Å². The molecule has 3 heteroatoms. The van der Waals surface area contributed by atoms with Crippen molar-refractivity contribution in [3.63, 3.8) is 0 Å². The van der Waals surface area contributed by atoms with Gasteiger partial charge in [0, 0.05) is 25.2 Å². The number of rotatable bonds is 1. The van der Waals surface area contributed by atoms with Gasteiger partial charge in [-0.05, 0) is 12.0 Å². The highest BCUT2D eigenvalue weighted by molar-refractivity contribution is 5.87. The Morgan fingerprint density at radius 3 is 2.76 bits per heavy atom. The molecule has 1 N–H and O–H groups in total. The van der Waals surface area contributed by atoms with E-state index in [0.717, 1.165) is 13.0 Å². The van der Waals surface area contributed by atoms with Crippen LogP contribution in [0, 0.1) is 5.92 Å². The first kappa shape index (κ1) is 10.4. The predicted octanol–water partition coefficient (Wildman–Crippen LogP) is 1.48. The zero-order valence-corrected chi connectivity index (χ0v) is 9.89. The van der Waals surface area contributed by atoms with E-state index in [1.165, 1.54) is 11.3 Å². The van der Waals surface area contributed by atoms with E-state index in [2.05, 4.69) is 28.4 Å². The molecule has 0 bridgehead atoms. The summed E-state index contributed by atoms with van der Waals surface area (Å²) < 4.78 is 0. The quantitative estimate of drug-likeness (QED) is 0.789. The fourth-order valence-electron chi connectivity index (χ4n) is 2.84. The first-order valence-electron chi connectivity index (χ1n) is 6.05. The van der Waals surface area contributed by atoms with E-state index >= 15 is 0 Å². The molecule has 17 heavy (non-hydrogen) atoms. The molecular formula is C14H16N2O. The van der Waals surface area contributed by atoms with Crippen molar-refractivity contribution in [2.24, 2.45) is 5.92 Å². The molecule has 0 spiro atoms. The number of nitrogens with zero attached hydrogens (tertiary/aromatic N) is 1. The standard InChI is InChI=1S/C14H16N2O/c1-16-12(10-5-3-2-4-6-10)9-11-7-8-15-14(17)13(11)16/h2-6,9,11,13H,7-8H2,1H3,(H,15,17). The lowest BCUT2D eigenvalue weighted by atomic mass is 9.94. The number of fused-ring (bicyclic) bond motifs is 1. The van der Waals surface area contributed by atoms with Crippen LogP contribution in [-0.4, -0.2) is 30.4 Å². The molecule has 0 saturated carbocycles. The van der Waals surface area contributed by atoms with Crippen LogP contribution < -0.4 is 5.32 Å². The van der Waals surface area contributed by atoms with Crippen molar-refractivity contribution in [2.75, 3.05) is 13.6 Å². The number of hydrogen-bond donors (Lipinski definition) is 1. The average Bonchev–Trinajstić information content (AvgIpc) is 2.69. The number of nitrogens with one attached hydrogen (secondary N) is 1. The minimum Gasteiger partial charge on any atom is -0.362 e. The second-order valence-corrected chi connectivity index (χ2v) is 4.72. The summed E-state index contributed by atoms with van der Waals surface area (Å²) >= 11 is 0. The Bertz CT molecular complexity index is 466. The van der Waals surface area contributed by atoms with Crippen molar-refractivity contribution in [1.82, 2.24) is 10.2 Å². The summed E-state index contributed by atoms with van der Waals surface area (Å²) in [7, 11) is 2.01. The van der Waals surface area contributed by atoms with Crippen LogP contribution in [0.5, 0.6) is 0 Å². The van der Waals surface area contributed by atoms with Gasteiger partial charge in [0.15, 0.2) is 0 Å². The van der Waals surface area contributed by atoms with Crippen LogP contribution in [0.2, 0.25) is 0 Å². The van der Waals surface area contributed by atoms with Gasteiger partial charge in [-0.3, -0.25) is 4.79 Å². The van der Waals surface area contributed by atoms with Crippen LogP contribution in [-0.2, 0) is 4.79 Å². The Labute approximate surface area is 101 Å². The number of carbonyl (C=O) groups is 1. The van der Waals surface area contributed by atoms with Crippen molar-refractivity contribution in [3.05, 3.63) is 42.0 Å². The maximum atomic E-state index is 11.9. The summed E-state index contributed by atoms with van der Waals surface area (Å²) in [5.74, 6) is 0.523. The third-order valence-electron chi connectivity index (χ3n) is 3.69. The van der Waals surface area contributed by atoms with Gasteiger partial charge in [-0.15, -0.1) is 0 Å². The summed E-state index contributed by atoms with van der Waals surface area (Å²) in [5.41, 5.74) is 2.37. The maximum Gasteiger partial charge on any atom is 0.243 e. The minimum absolute atomic E-state index is 0.0149. The molecule has 1 aromatic rings. The zero-order valence-electron chi connectivity index (χ0n) is 9.89. The van der Waals surface area contributed by atoms with E-state index in [-0.39, 0.29) is 11.9 Å². The van der Waals surface area contributed by atoms with Gasteiger partial charge in [-0.1, -0.05) is 36.4 Å². The fourth-order valence-corrected chi connectivity index (χ4v) is 2.84. The van der Waals surface area contributed by atoms with E-state index < -0.39 is 0 Å². The number of piperidine rings is 1. The van der Waals surface area contributed by atoms with E-state index in [9.17, 15) is 4.79 Å². The monoisotopic (exact) mass is 228 g/mol. The molecule has 88 valence electrons. The van der Waals surface area contributed by atoms with E-state index in [1.807, 2.05) is 25.2 Å². The van der Waals surface area contributed by atoms with Gasteiger partial charge in [-0.2, -0.15) is 0 Å². The highest BCUT2D eigenvalue weighted by Crippen LogP contribution is 2.35. The number of likely N-dealkylation sites (N-methyl/N-ethyl adjacent to an activating group) is 1. The highest BCUT2D eigenvalue weighted by atomic mass is 16.2. The van der Waals surface area contributed by atoms with Crippen LogP contribution in [0.25, 0.3) is 5.70 Å². The number of hydrogen-bond acceptors (Lipinski definition) is 2. The molecule has 1 fully saturated rings. The van der Waals surface area contributed by atoms with Crippen LogP contribution >= 0.6 is 0 Å². The third-order valence-corrected chi connectivity index (χ3v) is 3.69. The molecule has 0 radical (unpaired) electrons. The van der Waals surface area contributed by atoms with Crippen LogP contribution in [0.15, 0.2) is 36.4 Å². The highest BCUT2D eigenvalue weighted by Gasteiger charge is 2.39. The van der Waals surface area contributed by atoms with E-state index in [4.69, 9.17) is 0 Å². The summed E-state index contributed by atoms with van der Waals surface area (Å²) in [6.45, 7) is 0.798.